The van der Waals surface area contributed by atoms with E-state index < -0.39 is 11.8 Å². The number of aromatic nitrogens is 3. The van der Waals surface area contributed by atoms with E-state index in [1.807, 2.05) is 42.8 Å². The van der Waals surface area contributed by atoms with Crippen LogP contribution in [0.4, 0.5) is 0 Å². The molecular formula is C18H19N5O3. The number of aryl methyl sites for hydroxylation is 2. The Balaban J connectivity index is 1.74. The van der Waals surface area contributed by atoms with Crippen molar-refractivity contribution in [3.63, 3.8) is 0 Å². The van der Waals surface area contributed by atoms with E-state index in [-0.39, 0.29) is 11.3 Å². The van der Waals surface area contributed by atoms with Gasteiger partial charge in [0.25, 0.3) is 17.4 Å². The summed E-state index contributed by atoms with van der Waals surface area (Å²) in [5.41, 5.74) is 5.87. The minimum atomic E-state index is -0.594. The monoisotopic (exact) mass is 353 g/mol. The van der Waals surface area contributed by atoms with Gasteiger partial charge in [-0.05, 0) is 18.6 Å². The molecule has 8 nitrogen and oxygen atoms in total. The maximum absolute atomic E-state index is 12.4. The van der Waals surface area contributed by atoms with Crippen LogP contribution < -0.4 is 16.4 Å². The first-order valence-corrected chi connectivity index (χ1v) is 8.24. The highest BCUT2D eigenvalue weighted by Gasteiger charge is 2.15. The van der Waals surface area contributed by atoms with E-state index in [1.165, 1.54) is 16.8 Å². The van der Waals surface area contributed by atoms with Gasteiger partial charge in [0.05, 0.1) is 5.56 Å². The highest BCUT2D eigenvalue weighted by molar-refractivity contribution is 6.07. The maximum Gasteiger partial charge on any atom is 0.290 e. The van der Waals surface area contributed by atoms with Gasteiger partial charge in [-0.2, -0.15) is 5.10 Å². The van der Waals surface area contributed by atoms with E-state index in [0.717, 1.165) is 17.3 Å². The van der Waals surface area contributed by atoms with E-state index in [2.05, 4.69) is 16.0 Å². The molecule has 0 atom stereocenters. The predicted molar refractivity (Wildman–Crippen MR) is 96.6 cm³/mol. The lowest BCUT2D eigenvalue weighted by molar-refractivity contribution is 0.0843. The normalized spacial score (nSPS) is 10.7. The molecule has 0 aliphatic carbocycles. The molecule has 8 heteroatoms. The molecule has 26 heavy (non-hydrogen) atoms. The number of nitrogens with one attached hydrogen (secondary N) is 2. The fraction of sp³-hybridized carbons (Fsp3) is 0.222. The summed E-state index contributed by atoms with van der Waals surface area (Å²) in [6, 6.07) is 10.1. The van der Waals surface area contributed by atoms with Gasteiger partial charge >= 0.3 is 0 Å². The molecule has 1 aromatic carbocycles. The Morgan fingerprint density at radius 2 is 1.81 bits per heavy atom. The summed E-state index contributed by atoms with van der Waals surface area (Å²) in [4.78, 5) is 36.3. The zero-order chi connectivity index (χ0) is 18.7. The number of hydrogen-bond acceptors (Lipinski definition) is 4. The standard InChI is InChI=1S/C18H19N5O3/c1-3-10-23-16(24)9-8-14(21-23)18(26)20-19-17(25)13-11-22(2)15-7-5-4-6-12(13)15/h4-9,11H,3,10H2,1-2H3,(H,19,25)(H,20,26). The summed E-state index contributed by atoms with van der Waals surface area (Å²) >= 11 is 0. The molecule has 0 aliphatic rings. The SMILES string of the molecule is CCCn1nc(C(=O)NNC(=O)c2cn(C)c3ccccc23)ccc1=O. The molecule has 0 fully saturated rings. The van der Waals surface area contributed by atoms with Crippen LogP contribution in [0.5, 0.6) is 0 Å². The van der Waals surface area contributed by atoms with Crippen LogP contribution in [-0.2, 0) is 13.6 Å². The fourth-order valence-electron chi connectivity index (χ4n) is 2.71. The molecule has 0 saturated carbocycles. The van der Waals surface area contributed by atoms with Crippen LogP contribution in [0.2, 0.25) is 0 Å². The Morgan fingerprint density at radius 1 is 1.08 bits per heavy atom. The number of carbonyl (C=O) groups is 2. The Labute approximate surface area is 149 Å². The molecule has 0 aliphatic heterocycles. The van der Waals surface area contributed by atoms with Crippen molar-refractivity contribution in [2.45, 2.75) is 19.9 Å². The number of nitrogens with zero attached hydrogens (tertiary/aromatic N) is 3. The van der Waals surface area contributed by atoms with Crippen molar-refractivity contribution in [1.82, 2.24) is 25.2 Å². The van der Waals surface area contributed by atoms with Gasteiger partial charge in [0.2, 0.25) is 0 Å². The van der Waals surface area contributed by atoms with Crippen LogP contribution in [0.15, 0.2) is 47.4 Å². The molecule has 2 aromatic heterocycles. The van der Waals surface area contributed by atoms with Crippen LogP contribution in [0.25, 0.3) is 10.9 Å². The van der Waals surface area contributed by atoms with Crippen LogP contribution in [0, 0.1) is 0 Å². The number of hydrogen-bond donors (Lipinski definition) is 2. The van der Waals surface area contributed by atoms with Crippen LogP contribution in [0.3, 0.4) is 0 Å². The Morgan fingerprint density at radius 3 is 2.58 bits per heavy atom. The summed E-state index contributed by atoms with van der Waals surface area (Å²) in [5, 5.41) is 4.79. The quantitative estimate of drug-likeness (QED) is 0.689. The van der Waals surface area contributed by atoms with Crippen molar-refractivity contribution in [1.29, 1.82) is 0 Å². The fourth-order valence-corrected chi connectivity index (χ4v) is 2.71. The molecule has 2 N–H and O–H groups in total. The Bertz CT molecular complexity index is 1030. The average Bonchev–Trinajstić information content (AvgIpc) is 2.99. The van der Waals surface area contributed by atoms with E-state index >= 15 is 0 Å². The van der Waals surface area contributed by atoms with Crippen LogP contribution >= 0.6 is 0 Å². The van der Waals surface area contributed by atoms with Crippen molar-refractivity contribution in [3.05, 3.63) is 64.2 Å². The molecule has 0 spiro atoms. The number of fused-ring (bicyclic) bond motifs is 1. The lowest BCUT2D eigenvalue weighted by atomic mass is 10.2. The van der Waals surface area contributed by atoms with Crippen molar-refractivity contribution >= 4 is 22.7 Å². The van der Waals surface area contributed by atoms with Gasteiger partial charge < -0.3 is 4.57 Å². The summed E-state index contributed by atoms with van der Waals surface area (Å²) < 4.78 is 3.07. The smallest absolute Gasteiger partial charge is 0.290 e. The molecule has 3 aromatic rings. The highest BCUT2D eigenvalue weighted by Crippen LogP contribution is 2.19. The third-order valence-corrected chi connectivity index (χ3v) is 3.97. The minimum Gasteiger partial charge on any atom is -0.350 e. The zero-order valence-corrected chi connectivity index (χ0v) is 14.5. The molecule has 0 radical (unpaired) electrons. The maximum atomic E-state index is 12.4. The van der Waals surface area contributed by atoms with Gasteiger partial charge in [0.1, 0.15) is 0 Å². The summed E-state index contributed by atoms with van der Waals surface area (Å²) in [6.07, 6.45) is 2.42. The molecule has 2 heterocycles. The largest absolute Gasteiger partial charge is 0.350 e. The van der Waals surface area contributed by atoms with Crippen LogP contribution in [0.1, 0.15) is 34.2 Å². The van der Waals surface area contributed by atoms with E-state index in [1.54, 1.807) is 6.20 Å². The molecule has 0 bridgehead atoms. The second-order valence-electron chi connectivity index (χ2n) is 5.86. The first-order valence-electron chi connectivity index (χ1n) is 8.24. The van der Waals surface area contributed by atoms with Crippen LogP contribution in [-0.4, -0.2) is 26.2 Å². The van der Waals surface area contributed by atoms with Crippen molar-refractivity contribution in [3.8, 4) is 0 Å². The number of hydrazine groups is 1. The molecule has 0 unspecified atom stereocenters. The minimum absolute atomic E-state index is 0.0521. The van der Waals surface area contributed by atoms with Gasteiger partial charge in [0.15, 0.2) is 5.69 Å². The summed E-state index contributed by atoms with van der Waals surface area (Å²) in [5.74, 6) is -1.03. The Hall–Kier alpha value is -3.42. The zero-order valence-electron chi connectivity index (χ0n) is 14.5. The van der Waals surface area contributed by atoms with Crippen molar-refractivity contribution < 1.29 is 9.59 Å². The topological polar surface area (TPSA) is 98.0 Å². The summed E-state index contributed by atoms with van der Waals surface area (Å²) in [6.45, 7) is 2.33. The van der Waals surface area contributed by atoms with E-state index in [4.69, 9.17) is 0 Å². The third-order valence-electron chi connectivity index (χ3n) is 3.97. The lowest BCUT2D eigenvalue weighted by Crippen LogP contribution is -2.42. The van der Waals surface area contributed by atoms with Crippen molar-refractivity contribution in [2.24, 2.45) is 7.05 Å². The number of amides is 2. The van der Waals surface area contributed by atoms with Gasteiger partial charge in [-0.25, -0.2) is 4.68 Å². The second-order valence-corrected chi connectivity index (χ2v) is 5.86. The average molecular weight is 353 g/mol. The molecule has 134 valence electrons. The van der Waals surface area contributed by atoms with Gasteiger partial charge in [-0.3, -0.25) is 25.2 Å². The number of carbonyl (C=O) groups excluding carboxylic acids is 2. The van der Waals surface area contributed by atoms with Gasteiger partial charge in [-0.15, -0.1) is 0 Å². The number of benzene rings is 1. The first kappa shape index (κ1) is 17.4. The first-order chi connectivity index (χ1) is 12.5. The number of rotatable bonds is 4. The van der Waals surface area contributed by atoms with E-state index in [9.17, 15) is 14.4 Å². The molecule has 2 amide bonds. The molecule has 3 rings (SSSR count). The highest BCUT2D eigenvalue weighted by atomic mass is 16.2. The predicted octanol–water partition coefficient (Wildman–Crippen LogP) is 1.22. The van der Waals surface area contributed by atoms with Gasteiger partial charge in [0, 0.05) is 36.8 Å². The molecule has 0 saturated heterocycles. The third kappa shape index (κ3) is 3.34. The summed E-state index contributed by atoms with van der Waals surface area (Å²) in [7, 11) is 1.85. The van der Waals surface area contributed by atoms with E-state index in [0.29, 0.717) is 12.1 Å². The number of para-hydroxylation sites is 1. The Kier molecular flexibility index (Phi) is 4.83. The second kappa shape index (κ2) is 7.22. The van der Waals surface area contributed by atoms with Gasteiger partial charge in [-0.1, -0.05) is 25.1 Å². The molecular weight excluding hydrogens is 334 g/mol. The lowest BCUT2D eigenvalue weighted by Gasteiger charge is -2.08. The van der Waals surface area contributed by atoms with Crippen molar-refractivity contribution in [2.75, 3.05) is 0 Å².